The standard InChI is InChI=1S/C57H42O4/c58-27-29-60-43-23-25-47-39(33-43)31-41(35-53(47)49-19-9-13-37-11-1-3-15-45(37)49)57(55-21-7-5-17-51(55)52-18-6-8-22-56(52)57)42-32-40-34-44(61-30-28-59)24-26-48(40)54(36-42)50-20-10-14-38-12-2-4-16-46(38)50/h1-26,31-36,58-59H,27-30H2. The van der Waals surface area contributed by atoms with Crippen LogP contribution < -0.4 is 9.47 Å². The average Bonchev–Trinajstić information content (AvgIpc) is 3.62. The van der Waals surface area contributed by atoms with E-state index in [0.717, 1.165) is 54.9 Å². The van der Waals surface area contributed by atoms with Crippen molar-refractivity contribution in [1.82, 2.24) is 0 Å². The lowest BCUT2D eigenvalue weighted by molar-refractivity contribution is 0.201. The Labute approximate surface area is 354 Å². The number of hydrogen-bond donors (Lipinski definition) is 2. The Bertz CT molecular complexity index is 3080. The van der Waals surface area contributed by atoms with Crippen molar-refractivity contribution in [3.63, 3.8) is 0 Å². The van der Waals surface area contributed by atoms with Gasteiger partial charge in [-0.3, -0.25) is 0 Å². The van der Waals surface area contributed by atoms with E-state index < -0.39 is 5.41 Å². The fourth-order valence-corrected chi connectivity index (χ4v) is 10.0. The molecule has 4 heteroatoms. The van der Waals surface area contributed by atoms with E-state index in [1.807, 2.05) is 12.1 Å². The minimum absolute atomic E-state index is 0.0657. The number of aliphatic hydroxyl groups is 2. The minimum atomic E-state index is -0.766. The molecule has 0 saturated carbocycles. The molecule has 10 aromatic carbocycles. The van der Waals surface area contributed by atoms with E-state index in [0.29, 0.717) is 11.5 Å². The molecule has 0 amide bonds. The summed E-state index contributed by atoms with van der Waals surface area (Å²) in [6.45, 7) is 0.293. The van der Waals surface area contributed by atoms with E-state index in [9.17, 15) is 10.2 Å². The van der Waals surface area contributed by atoms with E-state index in [4.69, 9.17) is 9.47 Å². The van der Waals surface area contributed by atoms with Gasteiger partial charge in [0, 0.05) is 0 Å². The topological polar surface area (TPSA) is 58.9 Å². The van der Waals surface area contributed by atoms with Gasteiger partial charge in [0.2, 0.25) is 0 Å². The predicted molar refractivity (Wildman–Crippen MR) is 250 cm³/mol. The van der Waals surface area contributed by atoms with Crippen LogP contribution in [-0.2, 0) is 5.41 Å². The van der Waals surface area contributed by atoms with Gasteiger partial charge in [-0.05, 0) is 147 Å². The van der Waals surface area contributed by atoms with Crippen LogP contribution in [0.5, 0.6) is 11.5 Å². The highest BCUT2D eigenvalue weighted by Gasteiger charge is 2.46. The molecule has 0 atom stereocenters. The van der Waals surface area contributed by atoms with Crippen LogP contribution in [0.25, 0.3) is 76.5 Å². The molecule has 294 valence electrons. The van der Waals surface area contributed by atoms with Gasteiger partial charge >= 0.3 is 0 Å². The third-order valence-corrected chi connectivity index (χ3v) is 12.5. The molecule has 1 aliphatic rings. The molecule has 0 unspecified atom stereocenters. The number of ether oxygens (including phenoxy) is 2. The second-order valence-electron chi connectivity index (χ2n) is 15.9. The van der Waals surface area contributed by atoms with Gasteiger partial charge < -0.3 is 19.7 Å². The largest absolute Gasteiger partial charge is 0.491 e. The Balaban J connectivity index is 1.30. The normalized spacial score (nSPS) is 12.8. The maximum atomic E-state index is 9.72. The molecule has 11 rings (SSSR count). The molecule has 1 aliphatic carbocycles. The molecular formula is C57H42O4. The third-order valence-electron chi connectivity index (χ3n) is 12.5. The molecule has 4 nitrogen and oxygen atoms in total. The number of hydrogen-bond acceptors (Lipinski definition) is 4. The van der Waals surface area contributed by atoms with E-state index in [-0.39, 0.29) is 26.4 Å². The Hall–Kier alpha value is -7.24. The van der Waals surface area contributed by atoms with Gasteiger partial charge in [0.1, 0.15) is 24.7 Å². The molecule has 0 aromatic heterocycles. The number of rotatable bonds is 10. The lowest BCUT2D eigenvalue weighted by Crippen LogP contribution is -2.29. The summed E-state index contributed by atoms with van der Waals surface area (Å²) in [5, 5.41) is 28.5. The van der Waals surface area contributed by atoms with Crippen molar-refractivity contribution in [1.29, 1.82) is 0 Å². The van der Waals surface area contributed by atoms with Gasteiger partial charge in [0.05, 0.1) is 18.6 Å². The van der Waals surface area contributed by atoms with Crippen LogP contribution in [0.15, 0.2) is 194 Å². The number of benzene rings is 10. The second-order valence-corrected chi connectivity index (χ2v) is 15.9. The summed E-state index contributed by atoms with van der Waals surface area (Å²) in [5.74, 6) is 1.42. The van der Waals surface area contributed by atoms with Gasteiger partial charge in [0.25, 0.3) is 0 Å². The maximum Gasteiger partial charge on any atom is 0.120 e. The summed E-state index contributed by atoms with van der Waals surface area (Å²) in [7, 11) is 0. The summed E-state index contributed by atoms with van der Waals surface area (Å²) in [6, 6.07) is 70.3. The van der Waals surface area contributed by atoms with Crippen molar-refractivity contribution in [3.8, 4) is 44.9 Å². The molecule has 0 heterocycles. The third kappa shape index (κ3) is 5.98. The molecule has 10 aromatic rings. The zero-order valence-corrected chi connectivity index (χ0v) is 33.5. The Kier molecular flexibility index (Phi) is 9.11. The van der Waals surface area contributed by atoms with E-state index >= 15 is 0 Å². The van der Waals surface area contributed by atoms with Crippen LogP contribution in [-0.4, -0.2) is 36.6 Å². The molecule has 0 fully saturated rings. The molecule has 0 aliphatic heterocycles. The molecule has 0 radical (unpaired) electrons. The van der Waals surface area contributed by atoms with Crippen molar-refractivity contribution in [2.45, 2.75) is 5.41 Å². The molecular weight excluding hydrogens is 749 g/mol. The lowest BCUT2D eigenvalue weighted by Gasteiger charge is -2.35. The first kappa shape index (κ1) is 36.8. The molecule has 0 spiro atoms. The van der Waals surface area contributed by atoms with Crippen LogP contribution >= 0.6 is 0 Å². The molecule has 0 saturated heterocycles. The highest BCUT2D eigenvalue weighted by atomic mass is 16.5. The van der Waals surface area contributed by atoms with Crippen LogP contribution in [0.2, 0.25) is 0 Å². The SMILES string of the molecule is OCCOc1ccc2c(-c3cccc4ccccc34)cc(C3(c4cc(-c5cccc6ccccc56)c5ccc(OCCO)cc5c4)c4ccccc4-c4ccccc43)cc2c1. The van der Waals surface area contributed by atoms with Crippen molar-refractivity contribution in [2.75, 3.05) is 26.4 Å². The fourth-order valence-electron chi connectivity index (χ4n) is 10.0. The summed E-state index contributed by atoms with van der Waals surface area (Å²) in [4.78, 5) is 0. The van der Waals surface area contributed by atoms with Crippen LogP contribution in [0.4, 0.5) is 0 Å². The zero-order chi connectivity index (χ0) is 40.9. The zero-order valence-electron chi connectivity index (χ0n) is 33.5. The van der Waals surface area contributed by atoms with Crippen LogP contribution in [0.3, 0.4) is 0 Å². The number of aliphatic hydroxyl groups excluding tert-OH is 2. The fraction of sp³-hybridized carbons (Fsp3) is 0.0877. The quantitative estimate of drug-likeness (QED) is 0.145. The Morgan fingerprint density at radius 3 is 1.20 bits per heavy atom. The predicted octanol–water partition coefficient (Wildman–Crippen LogP) is 12.7. The summed E-state index contributed by atoms with van der Waals surface area (Å²) in [6.07, 6.45) is 0. The molecule has 0 bridgehead atoms. The van der Waals surface area contributed by atoms with E-state index in [1.165, 1.54) is 43.8 Å². The maximum absolute atomic E-state index is 9.72. The van der Waals surface area contributed by atoms with E-state index in [1.54, 1.807) is 0 Å². The second kappa shape index (κ2) is 15.1. The first-order chi connectivity index (χ1) is 30.1. The van der Waals surface area contributed by atoms with Gasteiger partial charge in [0.15, 0.2) is 0 Å². The first-order valence-electron chi connectivity index (χ1n) is 21.0. The summed E-state index contributed by atoms with van der Waals surface area (Å²) in [5.41, 5.74) is 10.9. The Morgan fingerprint density at radius 1 is 0.328 bits per heavy atom. The van der Waals surface area contributed by atoms with Crippen molar-refractivity contribution >= 4 is 43.1 Å². The first-order valence-corrected chi connectivity index (χ1v) is 21.0. The smallest absolute Gasteiger partial charge is 0.120 e. The molecule has 61 heavy (non-hydrogen) atoms. The highest BCUT2D eigenvalue weighted by molar-refractivity contribution is 6.09. The van der Waals surface area contributed by atoms with Gasteiger partial charge in [-0.1, -0.05) is 146 Å². The highest BCUT2D eigenvalue weighted by Crippen LogP contribution is 2.58. The van der Waals surface area contributed by atoms with Crippen molar-refractivity contribution in [3.05, 3.63) is 216 Å². The lowest BCUT2D eigenvalue weighted by atomic mass is 9.66. The van der Waals surface area contributed by atoms with Crippen molar-refractivity contribution in [2.24, 2.45) is 0 Å². The van der Waals surface area contributed by atoms with E-state index in [2.05, 4.69) is 182 Å². The van der Waals surface area contributed by atoms with Crippen molar-refractivity contribution < 1.29 is 19.7 Å². The minimum Gasteiger partial charge on any atom is -0.491 e. The monoisotopic (exact) mass is 790 g/mol. The number of fused-ring (bicyclic) bond motifs is 7. The van der Waals surface area contributed by atoms with Gasteiger partial charge in [-0.2, -0.15) is 0 Å². The van der Waals surface area contributed by atoms with Crippen LogP contribution in [0, 0.1) is 0 Å². The van der Waals surface area contributed by atoms with Gasteiger partial charge in [-0.25, -0.2) is 0 Å². The Morgan fingerprint density at radius 2 is 0.721 bits per heavy atom. The van der Waals surface area contributed by atoms with Gasteiger partial charge in [-0.15, -0.1) is 0 Å². The van der Waals surface area contributed by atoms with Crippen LogP contribution in [0.1, 0.15) is 22.3 Å². The molecule has 2 N–H and O–H groups in total. The summed E-state index contributed by atoms with van der Waals surface area (Å²) >= 11 is 0. The summed E-state index contributed by atoms with van der Waals surface area (Å²) < 4.78 is 12.2. The average molecular weight is 791 g/mol.